The van der Waals surface area contributed by atoms with Gasteiger partial charge in [0.2, 0.25) is 5.78 Å². The lowest BCUT2D eigenvalue weighted by molar-refractivity contribution is -0.384. The average molecular weight is 369 g/mol. The Bertz CT molecular complexity index is 788. The molecule has 0 saturated heterocycles. The lowest BCUT2D eigenvalue weighted by atomic mass is 10.1. The van der Waals surface area contributed by atoms with Crippen molar-refractivity contribution in [2.24, 2.45) is 5.10 Å². The maximum atomic E-state index is 12.4. The molecule has 0 amide bonds. The van der Waals surface area contributed by atoms with Crippen molar-refractivity contribution in [3.05, 3.63) is 64.2 Å². The van der Waals surface area contributed by atoms with E-state index in [1.807, 2.05) is 6.07 Å². The van der Waals surface area contributed by atoms with Crippen LogP contribution in [-0.2, 0) is 0 Å². The Morgan fingerprint density at radius 1 is 1.15 bits per heavy atom. The van der Waals surface area contributed by atoms with Crippen LogP contribution in [0.5, 0.6) is 5.75 Å². The lowest BCUT2D eigenvalue weighted by Gasteiger charge is -2.09. The van der Waals surface area contributed by atoms with E-state index >= 15 is 0 Å². The van der Waals surface area contributed by atoms with E-state index in [0.29, 0.717) is 23.6 Å². The van der Waals surface area contributed by atoms with E-state index in [9.17, 15) is 14.9 Å². The van der Waals surface area contributed by atoms with Gasteiger partial charge < -0.3 is 4.74 Å². The van der Waals surface area contributed by atoms with Crippen LogP contribution in [0.2, 0.25) is 0 Å². The van der Waals surface area contributed by atoms with Crippen LogP contribution in [-0.4, -0.2) is 23.5 Å². The largest absolute Gasteiger partial charge is 0.493 e. The summed E-state index contributed by atoms with van der Waals surface area (Å²) in [6.07, 6.45) is 5.55. The van der Waals surface area contributed by atoms with Crippen molar-refractivity contribution in [3.63, 3.8) is 0 Å². The molecule has 0 aliphatic carbocycles. The van der Waals surface area contributed by atoms with Gasteiger partial charge in [0.25, 0.3) is 5.69 Å². The zero-order valence-corrected chi connectivity index (χ0v) is 15.3. The number of ketones is 1. The number of rotatable bonds is 11. The van der Waals surface area contributed by atoms with E-state index in [0.717, 1.165) is 19.3 Å². The zero-order valence-electron chi connectivity index (χ0n) is 15.3. The SMILES string of the molecule is CCCCCCOc1ccccc1C(=O)/C=N/Nc1ccc([N+](=O)[O-])cc1. The second kappa shape index (κ2) is 10.7. The topological polar surface area (TPSA) is 93.8 Å². The van der Waals surface area contributed by atoms with Crippen LogP contribution in [0, 0.1) is 10.1 Å². The van der Waals surface area contributed by atoms with Gasteiger partial charge in [-0.05, 0) is 30.7 Å². The van der Waals surface area contributed by atoms with Crippen LogP contribution < -0.4 is 10.2 Å². The van der Waals surface area contributed by atoms with E-state index < -0.39 is 4.92 Å². The molecule has 0 heterocycles. The third-order valence-electron chi connectivity index (χ3n) is 3.86. The number of nitro groups is 1. The molecule has 0 fully saturated rings. The Morgan fingerprint density at radius 3 is 2.59 bits per heavy atom. The minimum absolute atomic E-state index is 0.00869. The highest BCUT2D eigenvalue weighted by atomic mass is 16.6. The number of hydrogen-bond acceptors (Lipinski definition) is 6. The van der Waals surface area contributed by atoms with Gasteiger partial charge >= 0.3 is 0 Å². The molecule has 0 unspecified atom stereocenters. The molecular formula is C20H23N3O4. The van der Waals surface area contributed by atoms with Gasteiger partial charge in [0.15, 0.2) is 0 Å². The standard InChI is InChI=1S/C20H23N3O4/c1-2-3-4-7-14-27-20-9-6-5-8-18(20)19(24)15-21-22-16-10-12-17(13-11-16)23(25)26/h5-6,8-13,15,22H,2-4,7,14H2,1H3/b21-15+. The Kier molecular flexibility index (Phi) is 7.96. The minimum atomic E-state index is -0.476. The molecule has 142 valence electrons. The van der Waals surface area contributed by atoms with Crippen LogP contribution in [0.4, 0.5) is 11.4 Å². The highest BCUT2D eigenvalue weighted by Gasteiger charge is 2.10. The molecule has 0 aliphatic heterocycles. The maximum Gasteiger partial charge on any atom is 0.269 e. The summed E-state index contributed by atoms with van der Waals surface area (Å²) in [5, 5.41) is 14.5. The van der Waals surface area contributed by atoms with Gasteiger partial charge in [-0.3, -0.25) is 20.3 Å². The predicted octanol–water partition coefficient (Wildman–Crippen LogP) is 4.83. The van der Waals surface area contributed by atoms with Crippen molar-refractivity contribution in [1.29, 1.82) is 0 Å². The summed E-state index contributed by atoms with van der Waals surface area (Å²) in [5.41, 5.74) is 3.67. The number of hydrazone groups is 1. The molecule has 2 aromatic rings. The van der Waals surface area contributed by atoms with Gasteiger partial charge in [0, 0.05) is 12.1 Å². The average Bonchev–Trinajstić information content (AvgIpc) is 2.68. The molecule has 27 heavy (non-hydrogen) atoms. The van der Waals surface area contributed by atoms with E-state index in [1.165, 1.54) is 36.9 Å². The number of benzene rings is 2. The molecule has 0 atom stereocenters. The lowest BCUT2D eigenvalue weighted by Crippen LogP contribution is -2.07. The minimum Gasteiger partial charge on any atom is -0.493 e. The molecule has 0 aliphatic rings. The van der Waals surface area contributed by atoms with E-state index in [2.05, 4.69) is 17.5 Å². The molecule has 0 saturated carbocycles. The van der Waals surface area contributed by atoms with Crippen LogP contribution in [0.15, 0.2) is 53.6 Å². The summed E-state index contributed by atoms with van der Waals surface area (Å²) in [6, 6.07) is 12.8. The van der Waals surface area contributed by atoms with Crippen molar-refractivity contribution in [3.8, 4) is 5.75 Å². The van der Waals surface area contributed by atoms with Crippen molar-refractivity contribution < 1.29 is 14.5 Å². The number of nitrogens with zero attached hydrogens (tertiary/aromatic N) is 2. The third kappa shape index (κ3) is 6.54. The van der Waals surface area contributed by atoms with Gasteiger partial charge in [0.1, 0.15) is 5.75 Å². The van der Waals surface area contributed by atoms with Gasteiger partial charge in [-0.25, -0.2) is 0 Å². The van der Waals surface area contributed by atoms with Crippen LogP contribution >= 0.6 is 0 Å². The first kappa shape index (κ1) is 20.1. The normalized spacial score (nSPS) is 10.7. The predicted molar refractivity (Wildman–Crippen MR) is 106 cm³/mol. The summed E-state index contributed by atoms with van der Waals surface area (Å²) in [5.74, 6) is 0.259. The Morgan fingerprint density at radius 2 is 1.89 bits per heavy atom. The zero-order chi connectivity index (χ0) is 19.5. The van der Waals surface area contributed by atoms with Crippen molar-refractivity contribution in [2.75, 3.05) is 12.0 Å². The first-order valence-electron chi connectivity index (χ1n) is 8.91. The smallest absolute Gasteiger partial charge is 0.269 e. The number of anilines is 1. The molecule has 0 radical (unpaired) electrons. The molecule has 7 heteroatoms. The first-order valence-corrected chi connectivity index (χ1v) is 8.91. The van der Waals surface area contributed by atoms with Crippen LogP contribution in [0.3, 0.4) is 0 Å². The van der Waals surface area contributed by atoms with Gasteiger partial charge in [0.05, 0.1) is 29.0 Å². The second-order valence-electron chi connectivity index (χ2n) is 5.94. The Hall–Kier alpha value is -3.22. The molecule has 2 aromatic carbocycles. The van der Waals surface area contributed by atoms with E-state index in [-0.39, 0.29) is 11.5 Å². The highest BCUT2D eigenvalue weighted by Crippen LogP contribution is 2.19. The van der Waals surface area contributed by atoms with E-state index in [1.54, 1.807) is 18.2 Å². The number of non-ortho nitro benzene ring substituents is 1. The third-order valence-corrected chi connectivity index (χ3v) is 3.86. The van der Waals surface area contributed by atoms with Gasteiger partial charge in [-0.15, -0.1) is 0 Å². The first-order chi connectivity index (χ1) is 13.1. The summed E-state index contributed by atoms with van der Waals surface area (Å²) >= 11 is 0. The maximum absolute atomic E-state index is 12.4. The van der Waals surface area contributed by atoms with Crippen molar-refractivity contribution in [1.82, 2.24) is 0 Å². The number of para-hydroxylation sites is 1. The summed E-state index contributed by atoms with van der Waals surface area (Å²) in [6.45, 7) is 2.72. The number of unbranched alkanes of at least 4 members (excludes halogenated alkanes) is 3. The highest BCUT2D eigenvalue weighted by molar-refractivity contribution is 6.36. The molecule has 0 aromatic heterocycles. The fraction of sp³-hybridized carbons (Fsp3) is 0.300. The fourth-order valence-electron chi connectivity index (χ4n) is 2.40. The number of carbonyl (C=O) groups is 1. The summed E-state index contributed by atoms with van der Waals surface area (Å²) < 4.78 is 5.74. The molecule has 7 nitrogen and oxygen atoms in total. The number of Topliss-reactive ketones (excluding diaryl/α,β-unsaturated/α-hetero) is 1. The quantitative estimate of drug-likeness (QED) is 0.201. The van der Waals surface area contributed by atoms with Crippen molar-refractivity contribution in [2.45, 2.75) is 32.6 Å². The molecule has 1 N–H and O–H groups in total. The molecular weight excluding hydrogens is 346 g/mol. The summed E-state index contributed by atoms with van der Waals surface area (Å²) in [4.78, 5) is 22.5. The van der Waals surface area contributed by atoms with Crippen LogP contribution in [0.25, 0.3) is 0 Å². The van der Waals surface area contributed by atoms with Crippen LogP contribution in [0.1, 0.15) is 43.0 Å². The fourth-order valence-corrected chi connectivity index (χ4v) is 2.40. The second-order valence-corrected chi connectivity index (χ2v) is 5.94. The Labute approximate surface area is 158 Å². The summed E-state index contributed by atoms with van der Waals surface area (Å²) in [7, 11) is 0. The van der Waals surface area contributed by atoms with Gasteiger partial charge in [-0.1, -0.05) is 38.3 Å². The number of carbonyl (C=O) groups excluding carboxylic acids is 1. The molecule has 0 bridgehead atoms. The number of nitro benzene ring substituents is 1. The monoisotopic (exact) mass is 369 g/mol. The molecule has 2 rings (SSSR count). The van der Waals surface area contributed by atoms with E-state index in [4.69, 9.17) is 4.74 Å². The van der Waals surface area contributed by atoms with Crippen molar-refractivity contribution >= 4 is 23.4 Å². The molecule has 0 spiro atoms. The van der Waals surface area contributed by atoms with Gasteiger partial charge in [-0.2, -0.15) is 5.10 Å². The number of ether oxygens (including phenoxy) is 1. The number of hydrogen-bond donors (Lipinski definition) is 1. The Balaban J connectivity index is 1.92. The number of nitrogens with one attached hydrogen (secondary N) is 1.